The molecule has 1 aromatic heterocycles. The fourth-order valence-electron chi connectivity index (χ4n) is 8.16. The number of anilines is 1. The van der Waals surface area contributed by atoms with E-state index in [9.17, 15) is 27.6 Å². The number of nitrogens with one attached hydrogen (secondary N) is 2. The summed E-state index contributed by atoms with van der Waals surface area (Å²) in [4.78, 5) is 40.7. The lowest BCUT2D eigenvalue weighted by atomic mass is 9.88. The molecule has 0 aliphatic carbocycles. The second-order valence-corrected chi connectivity index (χ2v) is 14.9. The Balaban J connectivity index is 0.972. The summed E-state index contributed by atoms with van der Waals surface area (Å²) in [6.45, 7) is 8.00. The van der Waals surface area contributed by atoms with Crippen LogP contribution in [0.4, 0.5) is 18.9 Å². The van der Waals surface area contributed by atoms with Gasteiger partial charge in [0.05, 0.1) is 0 Å². The third-order valence-corrected chi connectivity index (χ3v) is 11.3. The lowest BCUT2D eigenvalue weighted by molar-refractivity contribution is -0.275. The molecule has 7 rings (SSSR count). The molecule has 9 nitrogen and oxygen atoms in total. The number of imide groups is 1. The Bertz CT molecular complexity index is 2100. The van der Waals surface area contributed by atoms with Crippen molar-refractivity contribution in [2.45, 2.75) is 83.9 Å². The molecule has 4 aromatic rings. The maximum absolute atomic E-state index is 13.6. The van der Waals surface area contributed by atoms with Crippen molar-refractivity contribution < 1.29 is 27.5 Å². The molecular weight excluding hydrogens is 695 g/mol. The number of fused-ring (bicyclic) bond motifs is 1. The molecule has 2 saturated heterocycles. The zero-order valence-electron chi connectivity index (χ0n) is 30.9. The third kappa shape index (κ3) is 8.39. The van der Waals surface area contributed by atoms with Gasteiger partial charge in [-0.05, 0) is 110 Å². The zero-order chi connectivity index (χ0) is 38.1. The van der Waals surface area contributed by atoms with Crippen molar-refractivity contribution in [2.75, 3.05) is 25.0 Å². The minimum absolute atomic E-state index is 0.139. The van der Waals surface area contributed by atoms with Crippen molar-refractivity contribution in [3.8, 4) is 16.9 Å². The van der Waals surface area contributed by atoms with Gasteiger partial charge in [0.15, 0.2) is 0 Å². The number of likely N-dealkylation sites (tertiary alicyclic amines) is 1. The maximum Gasteiger partial charge on any atom is 0.573 e. The van der Waals surface area contributed by atoms with Crippen molar-refractivity contribution >= 4 is 17.5 Å². The molecule has 3 aromatic carbocycles. The highest BCUT2D eigenvalue weighted by molar-refractivity contribution is 6.01. The van der Waals surface area contributed by atoms with E-state index in [1.54, 1.807) is 39.2 Å². The van der Waals surface area contributed by atoms with Crippen LogP contribution in [0.25, 0.3) is 11.1 Å². The minimum atomic E-state index is -4.85. The molecule has 4 heterocycles. The van der Waals surface area contributed by atoms with Gasteiger partial charge in [0, 0.05) is 68.2 Å². The van der Waals surface area contributed by atoms with Crippen LogP contribution in [-0.2, 0) is 42.7 Å². The Morgan fingerprint density at radius 1 is 0.852 bits per heavy atom. The molecule has 1 unspecified atom stereocenters. The summed E-state index contributed by atoms with van der Waals surface area (Å²) in [6.07, 6.45) is 0.546. The summed E-state index contributed by atoms with van der Waals surface area (Å²) >= 11 is 0. The number of carbonyl (C=O) groups is 2. The number of nitrogens with zero attached hydrogens (tertiary/aromatic N) is 3. The van der Waals surface area contributed by atoms with Gasteiger partial charge >= 0.3 is 6.36 Å². The second-order valence-electron chi connectivity index (χ2n) is 14.9. The van der Waals surface area contributed by atoms with Crippen LogP contribution in [0.5, 0.6) is 5.75 Å². The number of amides is 2. The lowest BCUT2D eigenvalue weighted by Gasteiger charge is -2.34. The highest BCUT2D eigenvalue weighted by Crippen LogP contribution is 2.35. The van der Waals surface area contributed by atoms with Crippen molar-refractivity contribution in [2.24, 2.45) is 7.05 Å². The average molecular weight is 742 g/mol. The summed E-state index contributed by atoms with van der Waals surface area (Å²) in [5.41, 5.74) is 8.84. The molecule has 2 fully saturated rings. The van der Waals surface area contributed by atoms with Gasteiger partial charge in [-0.3, -0.25) is 29.5 Å². The van der Waals surface area contributed by atoms with Gasteiger partial charge in [0.25, 0.3) is 5.56 Å². The van der Waals surface area contributed by atoms with Gasteiger partial charge in [-0.1, -0.05) is 42.5 Å². The molecule has 1 atom stereocenters. The lowest BCUT2D eigenvalue weighted by Crippen LogP contribution is -2.47. The first-order valence-corrected chi connectivity index (χ1v) is 18.6. The van der Waals surface area contributed by atoms with Crippen LogP contribution in [-0.4, -0.2) is 58.2 Å². The number of pyridine rings is 1. The number of halogens is 3. The highest BCUT2D eigenvalue weighted by Gasteiger charge is 2.33. The highest BCUT2D eigenvalue weighted by atomic mass is 19.4. The molecule has 0 radical (unpaired) electrons. The molecule has 2 N–H and O–H groups in total. The fraction of sp³-hybridized carbons (Fsp3) is 0.405. The van der Waals surface area contributed by atoms with Crippen LogP contribution in [0.3, 0.4) is 0 Å². The third-order valence-electron chi connectivity index (χ3n) is 11.3. The largest absolute Gasteiger partial charge is 0.573 e. The van der Waals surface area contributed by atoms with E-state index < -0.39 is 12.4 Å². The molecular formula is C42H46F3N5O4. The van der Waals surface area contributed by atoms with E-state index in [0.29, 0.717) is 60.6 Å². The number of carbonyl (C=O) groups excluding carboxylic acids is 2. The number of aromatic nitrogens is 1. The Hall–Kier alpha value is -4.94. The molecule has 3 aliphatic rings. The monoisotopic (exact) mass is 741 g/mol. The van der Waals surface area contributed by atoms with E-state index in [4.69, 9.17) is 0 Å². The summed E-state index contributed by atoms with van der Waals surface area (Å²) in [7, 11) is 1.64. The molecule has 0 bridgehead atoms. The fourth-order valence-corrected chi connectivity index (χ4v) is 8.16. The van der Waals surface area contributed by atoms with E-state index in [2.05, 4.69) is 55.5 Å². The first-order chi connectivity index (χ1) is 25.8. The molecule has 0 spiro atoms. The van der Waals surface area contributed by atoms with Gasteiger partial charge < -0.3 is 14.6 Å². The van der Waals surface area contributed by atoms with E-state index in [0.717, 1.165) is 50.1 Å². The smallest absolute Gasteiger partial charge is 0.405 e. The first-order valence-electron chi connectivity index (χ1n) is 18.6. The van der Waals surface area contributed by atoms with Gasteiger partial charge in [-0.15, -0.1) is 13.2 Å². The van der Waals surface area contributed by atoms with Gasteiger partial charge in [0.2, 0.25) is 11.8 Å². The van der Waals surface area contributed by atoms with Crippen molar-refractivity contribution in [3.05, 3.63) is 116 Å². The van der Waals surface area contributed by atoms with Crippen molar-refractivity contribution in [1.29, 1.82) is 0 Å². The summed E-state index contributed by atoms with van der Waals surface area (Å²) in [5.74, 6) is -0.272. The van der Waals surface area contributed by atoms with Gasteiger partial charge in [-0.2, -0.15) is 0 Å². The maximum atomic E-state index is 13.6. The number of hydrogen-bond acceptors (Lipinski definition) is 7. The molecule has 54 heavy (non-hydrogen) atoms. The summed E-state index contributed by atoms with van der Waals surface area (Å²) < 4.78 is 46.9. The quantitative estimate of drug-likeness (QED) is 0.184. The topological polar surface area (TPSA) is 95.9 Å². The SMILES string of the molecule is Cc1c(-c2ccc(CN3CCc4c(CN5CCC(c6ccc(NC7CCC(=O)NC7=O)cc6)CC5)cccc4C3)c(OC(F)(F)F)c2)cn(C)c(=O)c1C. The van der Waals surface area contributed by atoms with E-state index >= 15 is 0 Å². The van der Waals surface area contributed by atoms with Gasteiger partial charge in [0.1, 0.15) is 11.8 Å². The second kappa shape index (κ2) is 15.4. The number of hydrogen-bond donors (Lipinski definition) is 2. The Morgan fingerprint density at radius 2 is 1.59 bits per heavy atom. The summed E-state index contributed by atoms with van der Waals surface area (Å²) in [6, 6.07) is 19.3. The van der Waals surface area contributed by atoms with Gasteiger partial charge in [-0.25, -0.2) is 0 Å². The Kier molecular flexibility index (Phi) is 10.7. The first kappa shape index (κ1) is 37.4. The van der Waals surface area contributed by atoms with Crippen LogP contribution >= 0.6 is 0 Å². The zero-order valence-corrected chi connectivity index (χ0v) is 30.9. The number of aryl methyl sites for hydroxylation is 1. The van der Waals surface area contributed by atoms with Crippen LogP contribution in [0.2, 0.25) is 0 Å². The number of rotatable bonds is 9. The Labute approximate surface area is 313 Å². The molecule has 0 saturated carbocycles. The van der Waals surface area contributed by atoms with Crippen LogP contribution in [0.15, 0.2) is 71.7 Å². The molecule has 12 heteroatoms. The minimum Gasteiger partial charge on any atom is -0.405 e. The van der Waals surface area contributed by atoms with Crippen LogP contribution < -0.4 is 20.9 Å². The van der Waals surface area contributed by atoms with Crippen molar-refractivity contribution in [3.63, 3.8) is 0 Å². The van der Waals surface area contributed by atoms with E-state index in [1.807, 2.05) is 12.1 Å². The predicted octanol–water partition coefficient (Wildman–Crippen LogP) is 6.72. The summed E-state index contributed by atoms with van der Waals surface area (Å²) in [5, 5.41) is 5.64. The van der Waals surface area contributed by atoms with E-state index in [-0.39, 0.29) is 23.1 Å². The average Bonchev–Trinajstić information content (AvgIpc) is 3.14. The molecule has 2 amide bonds. The normalized spacial score (nSPS) is 18.7. The standard InChI is InChI=1S/C42H46F3N5O4/c1-26-27(2)41(53)48(3)25-36(26)30-7-8-33(38(21-30)54-42(43,44)45)24-50-20-17-35-31(5-4-6-32(35)23-50)22-49-18-15-29(16-19-49)28-9-11-34(12-10-28)46-37-13-14-39(51)47-40(37)52/h4-12,21,25,29,37,46H,13-20,22-24H2,1-3H3,(H,47,51,52). The number of piperidine rings is 2. The number of ether oxygens (including phenoxy) is 1. The molecule has 284 valence electrons. The predicted molar refractivity (Wildman–Crippen MR) is 201 cm³/mol. The van der Waals surface area contributed by atoms with Crippen LogP contribution in [0.1, 0.15) is 70.5 Å². The van der Waals surface area contributed by atoms with Crippen molar-refractivity contribution in [1.82, 2.24) is 19.7 Å². The number of benzene rings is 3. The Morgan fingerprint density at radius 3 is 2.31 bits per heavy atom. The van der Waals surface area contributed by atoms with E-state index in [1.165, 1.54) is 32.9 Å². The number of alkyl halides is 3. The van der Waals surface area contributed by atoms with Crippen LogP contribution in [0, 0.1) is 13.8 Å². The molecule has 3 aliphatic heterocycles.